The van der Waals surface area contributed by atoms with E-state index in [-0.39, 0.29) is 0 Å². The molecule has 0 saturated heterocycles. The predicted octanol–water partition coefficient (Wildman–Crippen LogP) is 1.93. The van der Waals surface area contributed by atoms with Crippen LogP contribution in [0.5, 0.6) is 0 Å². The van der Waals surface area contributed by atoms with Gasteiger partial charge < -0.3 is 10.1 Å². The average Bonchev–Trinajstić information content (AvgIpc) is 2.03. The first-order valence-electron chi connectivity index (χ1n) is 4.38. The second-order valence-electron chi connectivity index (χ2n) is 2.39. The summed E-state index contributed by atoms with van der Waals surface area (Å²) in [5, 5.41) is 3.08. The molecule has 0 amide bonds. The number of hydrogen-bond donors (Lipinski definition) is 1. The average molecular weight is 157 g/mol. The molecule has 0 aromatic heterocycles. The molecule has 0 aromatic carbocycles. The Morgan fingerprint density at radius 3 is 2.82 bits per heavy atom. The molecule has 0 heterocycles. The third-order valence-corrected chi connectivity index (χ3v) is 1.30. The molecule has 0 aromatic rings. The first-order valence-corrected chi connectivity index (χ1v) is 4.38. The molecule has 0 bridgehead atoms. The topological polar surface area (TPSA) is 21.3 Å². The van der Waals surface area contributed by atoms with Crippen LogP contribution in [-0.4, -0.2) is 19.8 Å². The highest BCUT2D eigenvalue weighted by Gasteiger charge is 1.81. The van der Waals surface area contributed by atoms with Gasteiger partial charge in [-0.15, -0.1) is 0 Å². The summed E-state index contributed by atoms with van der Waals surface area (Å²) in [6.45, 7) is 6.82. The van der Waals surface area contributed by atoms with Crippen molar-refractivity contribution in [2.75, 3.05) is 19.8 Å². The maximum Gasteiger partial charge on any atom is 0.0664 e. The van der Waals surface area contributed by atoms with Gasteiger partial charge in [0.05, 0.1) is 6.61 Å². The van der Waals surface area contributed by atoms with Crippen molar-refractivity contribution in [3.63, 3.8) is 0 Å². The lowest BCUT2D eigenvalue weighted by Gasteiger charge is -1.97. The van der Waals surface area contributed by atoms with E-state index in [1.165, 1.54) is 6.42 Å². The first-order chi connectivity index (χ1) is 5.41. The van der Waals surface area contributed by atoms with E-state index in [1.807, 2.05) is 12.3 Å². The van der Waals surface area contributed by atoms with Crippen molar-refractivity contribution in [2.24, 2.45) is 0 Å². The van der Waals surface area contributed by atoms with Crippen molar-refractivity contribution in [1.82, 2.24) is 5.32 Å². The molecule has 66 valence electrons. The molecule has 0 aliphatic heterocycles. The van der Waals surface area contributed by atoms with Crippen molar-refractivity contribution < 1.29 is 4.74 Å². The summed E-state index contributed by atoms with van der Waals surface area (Å²) in [5.74, 6) is 0. The summed E-state index contributed by atoms with van der Waals surface area (Å²) in [4.78, 5) is 0. The zero-order chi connectivity index (χ0) is 8.36. The molecule has 0 spiro atoms. The van der Waals surface area contributed by atoms with E-state index < -0.39 is 0 Å². The highest BCUT2D eigenvalue weighted by Crippen LogP contribution is 1.87. The highest BCUT2D eigenvalue weighted by atomic mass is 16.5. The minimum Gasteiger partial charge on any atom is -0.391 e. The van der Waals surface area contributed by atoms with E-state index in [4.69, 9.17) is 4.74 Å². The van der Waals surface area contributed by atoms with Crippen LogP contribution in [0.1, 0.15) is 26.7 Å². The molecule has 0 atom stereocenters. The van der Waals surface area contributed by atoms with Crippen LogP contribution in [0.4, 0.5) is 0 Å². The minimum absolute atomic E-state index is 0.729. The third-order valence-electron chi connectivity index (χ3n) is 1.30. The van der Waals surface area contributed by atoms with Crippen LogP contribution < -0.4 is 5.32 Å². The van der Waals surface area contributed by atoms with Crippen LogP contribution >= 0.6 is 0 Å². The molecule has 0 saturated carbocycles. The van der Waals surface area contributed by atoms with Crippen LogP contribution in [0, 0.1) is 0 Å². The number of ether oxygens (including phenoxy) is 1. The Kier molecular flexibility index (Phi) is 9.07. The Morgan fingerprint density at radius 1 is 1.36 bits per heavy atom. The standard InChI is InChI=1S/C9H19NO/c1-3-5-8-11-9-6-7-10-4-2/h6-7,10H,3-5,8-9H2,1-2H3. The highest BCUT2D eigenvalue weighted by molar-refractivity contribution is 4.78. The van der Waals surface area contributed by atoms with E-state index in [9.17, 15) is 0 Å². The van der Waals surface area contributed by atoms with Crippen molar-refractivity contribution >= 4 is 0 Å². The molecular formula is C9H19NO. The Hall–Kier alpha value is -0.500. The Morgan fingerprint density at radius 2 is 2.18 bits per heavy atom. The fourth-order valence-corrected chi connectivity index (χ4v) is 0.647. The van der Waals surface area contributed by atoms with E-state index >= 15 is 0 Å². The van der Waals surface area contributed by atoms with Crippen LogP contribution in [0.3, 0.4) is 0 Å². The van der Waals surface area contributed by atoms with Gasteiger partial charge in [0.15, 0.2) is 0 Å². The molecule has 0 aliphatic rings. The largest absolute Gasteiger partial charge is 0.391 e. The lowest BCUT2D eigenvalue weighted by molar-refractivity contribution is 0.158. The maximum absolute atomic E-state index is 5.29. The molecule has 1 N–H and O–H groups in total. The molecule has 11 heavy (non-hydrogen) atoms. The summed E-state index contributed by atoms with van der Waals surface area (Å²) < 4.78 is 5.29. The predicted molar refractivity (Wildman–Crippen MR) is 48.5 cm³/mol. The van der Waals surface area contributed by atoms with Gasteiger partial charge in [0.25, 0.3) is 0 Å². The second kappa shape index (κ2) is 9.50. The Balaban J connectivity index is 2.89. The van der Waals surface area contributed by atoms with Crippen molar-refractivity contribution in [3.05, 3.63) is 12.3 Å². The Bertz CT molecular complexity index is 91.6. The van der Waals surface area contributed by atoms with Crippen LogP contribution in [-0.2, 0) is 4.74 Å². The summed E-state index contributed by atoms with van der Waals surface area (Å²) in [5.41, 5.74) is 0. The van der Waals surface area contributed by atoms with Gasteiger partial charge in [-0.3, -0.25) is 0 Å². The normalized spacial score (nSPS) is 10.7. The number of rotatable bonds is 7. The van der Waals surface area contributed by atoms with Crippen LogP contribution in [0.2, 0.25) is 0 Å². The molecule has 2 nitrogen and oxygen atoms in total. The lowest BCUT2D eigenvalue weighted by Crippen LogP contribution is -2.02. The number of unbranched alkanes of at least 4 members (excludes halogenated alkanes) is 1. The molecule has 0 unspecified atom stereocenters. The lowest BCUT2D eigenvalue weighted by atomic mass is 10.4. The molecule has 0 rings (SSSR count). The van der Waals surface area contributed by atoms with Crippen molar-refractivity contribution in [3.8, 4) is 0 Å². The van der Waals surface area contributed by atoms with E-state index in [0.29, 0.717) is 0 Å². The van der Waals surface area contributed by atoms with Gasteiger partial charge in [0.2, 0.25) is 0 Å². The SMILES string of the molecule is CCCCOCC=CNCC. The van der Waals surface area contributed by atoms with E-state index in [2.05, 4.69) is 19.2 Å². The fraction of sp³-hybridized carbons (Fsp3) is 0.778. The molecule has 0 aliphatic carbocycles. The van der Waals surface area contributed by atoms with Crippen LogP contribution in [0.25, 0.3) is 0 Å². The molecule has 0 fully saturated rings. The van der Waals surface area contributed by atoms with Gasteiger partial charge in [-0.25, -0.2) is 0 Å². The quantitative estimate of drug-likeness (QED) is 0.570. The molecular weight excluding hydrogens is 138 g/mol. The molecule has 0 radical (unpaired) electrons. The second-order valence-corrected chi connectivity index (χ2v) is 2.39. The monoisotopic (exact) mass is 157 g/mol. The minimum atomic E-state index is 0.729. The van der Waals surface area contributed by atoms with Gasteiger partial charge >= 0.3 is 0 Å². The zero-order valence-corrected chi connectivity index (χ0v) is 7.60. The molecule has 2 heteroatoms. The van der Waals surface area contributed by atoms with E-state index in [1.54, 1.807) is 0 Å². The van der Waals surface area contributed by atoms with Crippen molar-refractivity contribution in [2.45, 2.75) is 26.7 Å². The van der Waals surface area contributed by atoms with Crippen molar-refractivity contribution in [1.29, 1.82) is 0 Å². The first kappa shape index (κ1) is 10.5. The summed E-state index contributed by atoms with van der Waals surface area (Å²) in [7, 11) is 0. The third kappa shape index (κ3) is 9.50. The van der Waals surface area contributed by atoms with Gasteiger partial charge in [-0.2, -0.15) is 0 Å². The van der Waals surface area contributed by atoms with Gasteiger partial charge in [-0.05, 0) is 25.6 Å². The van der Waals surface area contributed by atoms with Gasteiger partial charge in [0, 0.05) is 13.2 Å². The van der Waals surface area contributed by atoms with Gasteiger partial charge in [0.1, 0.15) is 0 Å². The van der Waals surface area contributed by atoms with E-state index in [0.717, 1.165) is 26.2 Å². The van der Waals surface area contributed by atoms with Gasteiger partial charge in [-0.1, -0.05) is 13.3 Å². The number of nitrogens with one attached hydrogen (secondary N) is 1. The fourth-order valence-electron chi connectivity index (χ4n) is 0.647. The summed E-state index contributed by atoms with van der Waals surface area (Å²) >= 11 is 0. The number of hydrogen-bond acceptors (Lipinski definition) is 2. The van der Waals surface area contributed by atoms with Crippen LogP contribution in [0.15, 0.2) is 12.3 Å². The smallest absolute Gasteiger partial charge is 0.0664 e. The maximum atomic E-state index is 5.29. The summed E-state index contributed by atoms with van der Waals surface area (Å²) in [6, 6.07) is 0. The zero-order valence-electron chi connectivity index (χ0n) is 7.60. The Labute approximate surface area is 69.6 Å². The summed E-state index contributed by atoms with van der Waals surface area (Å²) in [6.07, 6.45) is 6.30.